The van der Waals surface area contributed by atoms with Gasteiger partial charge in [0, 0.05) is 35.4 Å². The first-order chi connectivity index (χ1) is 12.2. The van der Waals surface area contributed by atoms with Gasteiger partial charge in [0.05, 0.1) is 13.7 Å². The van der Waals surface area contributed by atoms with Crippen LogP contribution in [-0.4, -0.2) is 41.4 Å². The first kappa shape index (κ1) is 15.8. The Hall–Kier alpha value is -2.70. The highest BCUT2D eigenvalue weighted by atomic mass is 19.1. The van der Waals surface area contributed by atoms with E-state index < -0.39 is 0 Å². The molecule has 0 unspecified atom stereocenters. The quantitative estimate of drug-likeness (QED) is 0.684. The van der Waals surface area contributed by atoms with E-state index in [0.717, 1.165) is 27.9 Å². The Morgan fingerprint density at radius 2 is 2.16 bits per heavy atom. The molecule has 0 amide bonds. The Morgan fingerprint density at radius 3 is 2.92 bits per heavy atom. The Kier molecular flexibility index (Phi) is 3.99. The molecule has 0 aliphatic carbocycles. The summed E-state index contributed by atoms with van der Waals surface area (Å²) in [6.07, 6.45) is 3.70. The number of aromatic nitrogens is 2. The number of halogens is 1. The van der Waals surface area contributed by atoms with E-state index in [9.17, 15) is 9.50 Å². The van der Waals surface area contributed by atoms with Crippen molar-refractivity contribution in [1.82, 2.24) is 15.3 Å². The number of methoxy groups -OCH3 is 1. The van der Waals surface area contributed by atoms with E-state index in [-0.39, 0.29) is 18.5 Å². The van der Waals surface area contributed by atoms with Crippen molar-refractivity contribution in [2.45, 2.75) is 6.04 Å². The summed E-state index contributed by atoms with van der Waals surface area (Å²) >= 11 is 0. The van der Waals surface area contributed by atoms with Crippen molar-refractivity contribution in [1.29, 1.82) is 0 Å². The number of nitrogens with zero attached hydrogens (tertiary/aromatic N) is 1. The molecule has 25 heavy (non-hydrogen) atoms. The second-order valence-corrected chi connectivity index (χ2v) is 6.01. The number of rotatable bonds is 4. The lowest BCUT2D eigenvalue weighted by atomic mass is 10.0. The SMILES string of the molecule is COc1ccc(F)cc1-c1ccnc2[nH]c(C3=C[C@@H](CO)NC3)cc12. The lowest BCUT2D eigenvalue weighted by Crippen LogP contribution is -2.25. The van der Waals surface area contributed by atoms with Gasteiger partial charge in [0.1, 0.15) is 17.2 Å². The van der Waals surface area contributed by atoms with Gasteiger partial charge in [-0.05, 0) is 41.5 Å². The largest absolute Gasteiger partial charge is 0.496 e. The Bertz CT molecular complexity index is 964. The topological polar surface area (TPSA) is 70.2 Å². The molecule has 1 aliphatic heterocycles. The van der Waals surface area contributed by atoms with Crippen molar-refractivity contribution in [3.63, 3.8) is 0 Å². The second-order valence-electron chi connectivity index (χ2n) is 6.01. The van der Waals surface area contributed by atoms with Crippen molar-refractivity contribution in [2.24, 2.45) is 0 Å². The molecule has 2 aromatic heterocycles. The number of ether oxygens (including phenoxy) is 1. The minimum Gasteiger partial charge on any atom is -0.496 e. The highest BCUT2D eigenvalue weighted by Crippen LogP contribution is 2.36. The summed E-state index contributed by atoms with van der Waals surface area (Å²) in [5.74, 6) is 0.295. The van der Waals surface area contributed by atoms with Crippen LogP contribution in [0.2, 0.25) is 0 Å². The van der Waals surface area contributed by atoms with Crippen LogP contribution in [-0.2, 0) is 0 Å². The average molecular weight is 339 g/mol. The van der Waals surface area contributed by atoms with Gasteiger partial charge in [0.2, 0.25) is 0 Å². The first-order valence-electron chi connectivity index (χ1n) is 8.06. The predicted molar refractivity (Wildman–Crippen MR) is 94.9 cm³/mol. The van der Waals surface area contributed by atoms with Crippen LogP contribution in [0.3, 0.4) is 0 Å². The van der Waals surface area contributed by atoms with Crippen LogP contribution in [0.4, 0.5) is 4.39 Å². The zero-order chi connectivity index (χ0) is 17.4. The van der Waals surface area contributed by atoms with Crippen LogP contribution < -0.4 is 10.1 Å². The van der Waals surface area contributed by atoms with E-state index >= 15 is 0 Å². The van der Waals surface area contributed by atoms with Gasteiger partial charge in [-0.15, -0.1) is 0 Å². The predicted octanol–water partition coefficient (Wildman–Crippen LogP) is 2.73. The molecule has 1 atom stereocenters. The maximum Gasteiger partial charge on any atom is 0.138 e. The van der Waals surface area contributed by atoms with Crippen LogP contribution in [0.15, 0.2) is 42.6 Å². The molecular formula is C19H18FN3O2. The Balaban J connectivity index is 1.85. The van der Waals surface area contributed by atoms with E-state index in [0.29, 0.717) is 17.9 Å². The molecule has 4 rings (SSSR count). The lowest BCUT2D eigenvalue weighted by Gasteiger charge is -2.09. The fraction of sp³-hybridized carbons (Fsp3) is 0.211. The van der Waals surface area contributed by atoms with Gasteiger partial charge in [0.25, 0.3) is 0 Å². The van der Waals surface area contributed by atoms with Gasteiger partial charge < -0.3 is 20.1 Å². The number of fused-ring (bicyclic) bond motifs is 1. The minimum atomic E-state index is -0.315. The van der Waals surface area contributed by atoms with Crippen molar-refractivity contribution < 1.29 is 14.2 Å². The molecule has 3 N–H and O–H groups in total. The van der Waals surface area contributed by atoms with E-state index in [1.165, 1.54) is 12.1 Å². The van der Waals surface area contributed by atoms with Gasteiger partial charge in [-0.3, -0.25) is 0 Å². The van der Waals surface area contributed by atoms with Gasteiger partial charge in [-0.2, -0.15) is 0 Å². The highest BCUT2D eigenvalue weighted by Gasteiger charge is 2.18. The van der Waals surface area contributed by atoms with E-state index in [1.54, 1.807) is 19.4 Å². The second kappa shape index (κ2) is 6.31. The summed E-state index contributed by atoms with van der Waals surface area (Å²) in [5.41, 5.74) is 4.29. The zero-order valence-electron chi connectivity index (χ0n) is 13.7. The standard InChI is InChI=1S/C19H18FN3O2/c1-25-18-3-2-12(20)7-15(18)14-4-5-21-19-16(14)8-17(23-19)11-6-13(10-24)22-9-11/h2-8,13,22,24H,9-10H2,1H3,(H,21,23)/t13-/m0/s1. The average Bonchev–Trinajstić information content (AvgIpc) is 3.27. The summed E-state index contributed by atoms with van der Waals surface area (Å²) in [7, 11) is 1.57. The van der Waals surface area contributed by atoms with Crippen LogP contribution >= 0.6 is 0 Å². The first-order valence-corrected chi connectivity index (χ1v) is 8.06. The van der Waals surface area contributed by atoms with Gasteiger partial charge in [-0.25, -0.2) is 9.37 Å². The fourth-order valence-corrected chi connectivity index (χ4v) is 3.23. The summed E-state index contributed by atoms with van der Waals surface area (Å²) in [4.78, 5) is 7.70. The third-order valence-corrected chi connectivity index (χ3v) is 4.48. The number of aliphatic hydroxyl groups excluding tert-OH is 1. The van der Waals surface area contributed by atoms with E-state index in [2.05, 4.69) is 15.3 Å². The van der Waals surface area contributed by atoms with Crippen LogP contribution in [0, 0.1) is 5.82 Å². The van der Waals surface area contributed by atoms with Crippen molar-refractivity contribution in [3.8, 4) is 16.9 Å². The number of aromatic amines is 1. The van der Waals surface area contributed by atoms with E-state index in [1.807, 2.05) is 18.2 Å². The molecule has 3 aromatic rings. The third-order valence-electron chi connectivity index (χ3n) is 4.48. The van der Waals surface area contributed by atoms with Crippen LogP contribution in [0.5, 0.6) is 5.75 Å². The van der Waals surface area contributed by atoms with Gasteiger partial charge in [-0.1, -0.05) is 6.08 Å². The van der Waals surface area contributed by atoms with E-state index in [4.69, 9.17) is 4.74 Å². The van der Waals surface area contributed by atoms with Crippen LogP contribution in [0.1, 0.15) is 5.69 Å². The molecule has 6 heteroatoms. The molecule has 0 saturated heterocycles. The lowest BCUT2D eigenvalue weighted by molar-refractivity contribution is 0.271. The number of aliphatic hydroxyl groups is 1. The molecule has 128 valence electrons. The summed E-state index contributed by atoms with van der Waals surface area (Å²) in [6.45, 7) is 0.740. The van der Waals surface area contributed by atoms with Crippen molar-refractivity contribution >= 4 is 16.6 Å². The monoisotopic (exact) mass is 339 g/mol. The third kappa shape index (κ3) is 2.79. The van der Waals surface area contributed by atoms with Gasteiger partial charge in [0.15, 0.2) is 0 Å². The maximum absolute atomic E-state index is 13.8. The van der Waals surface area contributed by atoms with Crippen molar-refractivity contribution in [2.75, 3.05) is 20.3 Å². The molecule has 0 spiro atoms. The Labute approximate surface area is 144 Å². The summed E-state index contributed by atoms with van der Waals surface area (Å²) in [6, 6.07) is 8.31. The molecule has 3 heterocycles. The molecule has 0 radical (unpaired) electrons. The zero-order valence-corrected chi connectivity index (χ0v) is 13.7. The van der Waals surface area contributed by atoms with Crippen LogP contribution in [0.25, 0.3) is 27.7 Å². The number of benzene rings is 1. The molecular weight excluding hydrogens is 321 g/mol. The molecule has 0 saturated carbocycles. The number of hydrogen-bond donors (Lipinski definition) is 3. The highest BCUT2D eigenvalue weighted by molar-refractivity contribution is 5.97. The fourth-order valence-electron chi connectivity index (χ4n) is 3.23. The number of hydrogen-bond acceptors (Lipinski definition) is 4. The summed E-state index contributed by atoms with van der Waals surface area (Å²) in [5, 5.41) is 13.4. The Morgan fingerprint density at radius 1 is 1.28 bits per heavy atom. The number of pyridine rings is 1. The van der Waals surface area contributed by atoms with Crippen molar-refractivity contribution in [3.05, 3.63) is 54.1 Å². The maximum atomic E-state index is 13.8. The molecule has 1 aromatic carbocycles. The molecule has 0 fully saturated rings. The summed E-state index contributed by atoms with van der Waals surface area (Å²) < 4.78 is 19.2. The molecule has 1 aliphatic rings. The smallest absolute Gasteiger partial charge is 0.138 e. The number of nitrogens with one attached hydrogen (secondary N) is 2. The molecule has 5 nitrogen and oxygen atoms in total. The normalized spacial score (nSPS) is 17.1. The minimum absolute atomic E-state index is 0.0304. The number of H-pyrrole nitrogens is 1. The van der Waals surface area contributed by atoms with Gasteiger partial charge >= 0.3 is 0 Å². The molecule has 0 bridgehead atoms.